The Bertz CT molecular complexity index is 257. The van der Waals surface area contributed by atoms with Crippen LogP contribution in [0, 0.1) is 5.92 Å². The number of nitrogens with one attached hydrogen (secondary N) is 1. The molecule has 16 heavy (non-hydrogen) atoms. The van der Waals surface area contributed by atoms with E-state index in [1.165, 1.54) is 0 Å². The lowest BCUT2D eigenvalue weighted by molar-refractivity contribution is -0.140. The fourth-order valence-corrected chi connectivity index (χ4v) is 2.09. The van der Waals surface area contributed by atoms with Gasteiger partial charge in [-0.15, -0.1) is 0 Å². The maximum absolute atomic E-state index is 10.9. The van der Waals surface area contributed by atoms with E-state index in [1.807, 2.05) is 0 Å². The summed E-state index contributed by atoms with van der Waals surface area (Å²) in [6.07, 6.45) is 0.610. The third-order valence-electron chi connectivity index (χ3n) is 2.95. The number of carboxylic acid groups (broad SMARTS) is 1. The van der Waals surface area contributed by atoms with Crippen molar-refractivity contribution in [2.45, 2.75) is 31.2 Å². The van der Waals surface area contributed by atoms with Gasteiger partial charge in [-0.05, 0) is 6.42 Å². The van der Waals surface area contributed by atoms with E-state index >= 15 is 0 Å². The summed E-state index contributed by atoms with van der Waals surface area (Å²) in [5.41, 5.74) is 5.75. The molecule has 7 nitrogen and oxygen atoms in total. The maximum Gasteiger partial charge on any atom is 0.371 e. The van der Waals surface area contributed by atoms with E-state index in [-0.39, 0.29) is 18.3 Å². The molecule has 0 spiro atoms. The molecule has 0 amide bonds. The van der Waals surface area contributed by atoms with Crippen molar-refractivity contribution in [3.63, 3.8) is 0 Å². The van der Waals surface area contributed by atoms with Crippen molar-refractivity contribution in [3.05, 3.63) is 0 Å². The van der Waals surface area contributed by atoms with Gasteiger partial charge in [-0.1, -0.05) is 12.7 Å². The van der Waals surface area contributed by atoms with Crippen molar-refractivity contribution in [2.24, 2.45) is 11.7 Å². The summed E-state index contributed by atoms with van der Waals surface area (Å²) in [5.74, 6) is -1.19. The summed E-state index contributed by atoms with van der Waals surface area (Å²) in [7, 11) is 0. The summed E-state index contributed by atoms with van der Waals surface area (Å²) in [4.78, 5) is 10.9. The summed E-state index contributed by atoms with van der Waals surface area (Å²) in [5, 5.41) is 37.9. The summed E-state index contributed by atoms with van der Waals surface area (Å²) in [6.45, 7) is -2.84. The highest BCUT2D eigenvalue weighted by Gasteiger charge is 2.37. The van der Waals surface area contributed by atoms with Crippen LogP contribution in [0.2, 0.25) is 6.32 Å². The van der Waals surface area contributed by atoms with E-state index in [1.54, 1.807) is 0 Å². The van der Waals surface area contributed by atoms with Crippen LogP contribution in [0.3, 0.4) is 0 Å². The van der Waals surface area contributed by atoms with Crippen LogP contribution in [0.4, 0.5) is 0 Å². The van der Waals surface area contributed by atoms with Crippen LogP contribution in [0.15, 0.2) is 0 Å². The van der Waals surface area contributed by atoms with E-state index in [0.29, 0.717) is 19.4 Å². The molecular weight excluding hydrogens is 215 g/mol. The van der Waals surface area contributed by atoms with Crippen molar-refractivity contribution in [1.82, 2.24) is 5.32 Å². The number of nitrogens with two attached hydrogens (primary N) is 1. The molecular formula is C8H18BN2O5-. The van der Waals surface area contributed by atoms with Crippen molar-refractivity contribution in [1.29, 1.82) is 0 Å². The van der Waals surface area contributed by atoms with E-state index in [9.17, 15) is 4.79 Å². The Morgan fingerprint density at radius 1 is 1.44 bits per heavy atom. The Labute approximate surface area is 93.3 Å². The third kappa shape index (κ3) is 3.73. The van der Waals surface area contributed by atoms with E-state index in [0.717, 1.165) is 0 Å². The molecule has 7 N–H and O–H groups in total. The van der Waals surface area contributed by atoms with Crippen molar-refractivity contribution >= 4 is 12.7 Å². The number of hydrogen-bond acceptors (Lipinski definition) is 6. The van der Waals surface area contributed by atoms with Gasteiger partial charge in [-0.2, -0.15) is 0 Å². The fourth-order valence-electron chi connectivity index (χ4n) is 2.09. The van der Waals surface area contributed by atoms with Gasteiger partial charge in [0, 0.05) is 18.5 Å². The van der Waals surface area contributed by atoms with Crippen molar-refractivity contribution in [2.75, 3.05) is 6.54 Å². The molecule has 3 atom stereocenters. The van der Waals surface area contributed by atoms with Crippen LogP contribution in [-0.2, 0) is 4.79 Å². The molecule has 8 heteroatoms. The first-order valence-electron chi connectivity index (χ1n) is 5.36. The minimum atomic E-state index is -3.28. The summed E-state index contributed by atoms with van der Waals surface area (Å²) in [6, 6.07) is -0.938. The largest absolute Gasteiger partial charge is 0.560 e. The van der Waals surface area contributed by atoms with E-state index < -0.39 is 18.8 Å². The Morgan fingerprint density at radius 3 is 2.56 bits per heavy atom. The average molecular weight is 233 g/mol. The minimum Gasteiger partial charge on any atom is -0.560 e. The molecule has 0 aromatic rings. The van der Waals surface area contributed by atoms with Crippen LogP contribution < -0.4 is 11.1 Å². The van der Waals surface area contributed by atoms with Crippen LogP contribution in [-0.4, -0.2) is 51.5 Å². The monoisotopic (exact) mass is 233 g/mol. The average Bonchev–Trinajstić information content (AvgIpc) is 2.46. The van der Waals surface area contributed by atoms with Gasteiger partial charge in [0.2, 0.25) is 0 Å². The second-order valence-electron chi connectivity index (χ2n) is 4.38. The van der Waals surface area contributed by atoms with Gasteiger partial charge >= 0.3 is 12.7 Å². The van der Waals surface area contributed by atoms with Crippen molar-refractivity contribution < 1.29 is 25.0 Å². The van der Waals surface area contributed by atoms with Crippen LogP contribution >= 0.6 is 0 Å². The first-order chi connectivity index (χ1) is 7.31. The second-order valence-corrected chi connectivity index (χ2v) is 4.38. The zero-order chi connectivity index (χ0) is 12.3. The van der Waals surface area contributed by atoms with E-state index in [2.05, 4.69) is 5.32 Å². The number of carbonyl (C=O) groups is 1. The van der Waals surface area contributed by atoms with Crippen molar-refractivity contribution in [3.8, 4) is 0 Å². The lowest BCUT2D eigenvalue weighted by Crippen LogP contribution is -2.39. The maximum atomic E-state index is 10.9. The Morgan fingerprint density at radius 2 is 2.06 bits per heavy atom. The number of aliphatic carboxylic acids is 1. The predicted octanol–water partition coefficient (Wildman–Crippen LogP) is -2.32. The molecule has 0 aromatic heterocycles. The van der Waals surface area contributed by atoms with Gasteiger partial charge in [0.05, 0.1) is 0 Å². The third-order valence-corrected chi connectivity index (χ3v) is 2.95. The van der Waals surface area contributed by atoms with Crippen LogP contribution in [0.25, 0.3) is 0 Å². The first kappa shape index (κ1) is 13.4. The minimum absolute atomic E-state index is 0.157. The topological polar surface area (TPSA) is 136 Å². The molecule has 1 rings (SSSR count). The zero-order valence-corrected chi connectivity index (χ0v) is 8.91. The Kier molecular flexibility index (Phi) is 4.28. The van der Waals surface area contributed by atoms with Gasteiger partial charge in [0.1, 0.15) is 6.04 Å². The molecule has 1 aliphatic rings. The van der Waals surface area contributed by atoms with Crippen LogP contribution in [0.1, 0.15) is 12.8 Å². The standard InChI is InChI=1S/C8H18BN2O5/c10-6-4-11-7(8(12)13)5(6)2-1-3-9(14,15)16/h5-7,11,14-16H,1-4,10H2,(H,12,13)/q-1/t5-,6+,7+/m1/s1. The van der Waals surface area contributed by atoms with Crippen LogP contribution in [0.5, 0.6) is 0 Å². The fraction of sp³-hybridized carbons (Fsp3) is 0.875. The number of hydrogen-bond donors (Lipinski definition) is 6. The van der Waals surface area contributed by atoms with Gasteiger partial charge in [0.25, 0.3) is 0 Å². The Balaban J connectivity index is 2.42. The first-order valence-corrected chi connectivity index (χ1v) is 5.36. The molecule has 1 heterocycles. The van der Waals surface area contributed by atoms with Gasteiger partial charge in [-0.3, -0.25) is 4.79 Å². The molecule has 94 valence electrons. The highest BCUT2D eigenvalue weighted by Crippen LogP contribution is 2.22. The SMILES string of the molecule is N[C@H]1CN[C@H](C(=O)O)[C@@H]1CCC[B-](O)(O)O. The normalized spacial score (nSPS) is 30.6. The van der Waals surface area contributed by atoms with Gasteiger partial charge in [0.15, 0.2) is 0 Å². The molecule has 1 fully saturated rings. The predicted molar refractivity (Wildman–Crippen MR) is 57.3 cm³/mol. The molecule has 1 aliphatic heterocycles. The molecule has 1 saturated heterocycles. The summed E-state index contributed by atoms with van der Waals surface area (Å²) < 4.78 is 0. The van der Waals surface area contributed by atoms with E-state index in [4.69, 9.17) is 25.9 Å². The van der Waals surface area contributed by atoms with Gasteiger partial charge in [-0.25, -0.2) is 0 Å². The Hall–Kier alpha value is -0.665. The smallest absolute Gasteiger partial charge is 0.371 e. The number of carboxylic acids is 1. The molecule has 0 saturated carbocycles. The number of rotatable bonds is 5. The molecule has 0 bridgehead atoms. The quantitative estimate of drug-likeness (QED) is 0.293. The van der Waals surface area contributed by atoms with Gasteiger partial charge < -0.3 is 31.2 Å². The molecule has 0 aromatic carbocycles. The molecule has 0 aliphatic carbocycles. The second kappa shape index (κ2) is 5.11. The lowest BCUT2D eigenvalue weighted by atomic mass is 9.73. The molecule has 0 radical (unpaired) electrons. The molecule has 0 unspecified atom stereocenters. The highest BCUT2D eigenvalue weighted by molar-refractivity contribution is 6.56. The summed E-state index contributed by atoms with van der Waals surface area (Å²) >= 11 is 0. The lowest BCUT2D eigenvalue weighted by Gasteiger charge is -2.23. The zero-order valence-electron chi connectivity index (χ0n) is 8.91. The highest BCUT2D eigenvalue weighted by atomic mass is 16.5.